The van der Waals surface area contributed by atoms with Crippen molar-refractivity contribution in [3.63, 3.8) is 0 Å². The van der Waals surface area contributed by atoms with E-state index in [1.54, 1.807) is 18.3 Å². The van der Waals surface area contributed by atoms with Gasteiger partial charge >= 0.3 is 0 Å². The summed E-state index contributed by atoms with van der Waals surface area (Å²) in [4.78, 5) is 4.42. The minimum absolute atomic E-state index is 0.208. The molecule has 1 aliphatic rings. The van der Waals surface area contributed by atoms with E-state index in [1.165, 1.54) is 13.2 Å². The highest BCUT2D eigenvalue weighted by molar-refractivity contribution is 5.85. The number of ether oxygens (including phenoxy) is 1. The first-order valence-electron chi connectivity index (χ1n) is 6.55. The Morgan fingerprint density at radius 3 is 2.80 bits per heavy atom. The van der Waals surface area contributed by atoms with Crippen LogP contribution in [0.5, 0.6) is 5.75 Å². The topological polar surface area (TPSA) is 47.6 Å². The van der Waals surface area contributed by atoms with Crippen molar-refractivity contribution in [2.45, 2.75) is 19.4 Å². The maximum absolute atomic E-state index is 13.4. The Morgan fingerprint density at radius 1 is 1.55 bits per heavy atom. The molecule has 0 unspecified atom stereocenters. The van der Waals surface area contributed by atoms with Gasteiger partial charge < -0.3 is 10.5 Å². The van der Waals surface area contributed by atoms with Crippen LogP contribution < -0.4 is 10.5 Å². The summed E-state index contributed by atoms with van der Waals surface area (Å²) >= 11 is 0. The fourth-order valence-electron chi connectivity index (χ4n) is 2.02. The van der Waals surface area contributed by atoms with Gasteiger partial charge in [0.25, 0.3) is 0 Å². The van der Waals surface area contributed by atoms with Crippen molar-refractivity contribution in [2.24, 2.45) is 16.6 Å². The van der Waals surface area contributed by atoms with Crippen LogP contribution in [0.1, 0.15) is 18.9 Å². The molecule has 2 N–H and O–H groups in total. The summed E-state index contributed by atoms with van der Waals surface area (Å²) in [5, 5.41) is 0. The summed E-state index contributed by atoms with van der Waals surface area (Å²) in [6, 6.07) is 4.90. The molecule has 2 rings (SSSR count). The van der Waals surface area contributed by atoms with Gasteiger partial charge in [0.1, 0.15) is 0 Å². The average molecular weight is 274 g/mol. The quantitative estimate of drug-likeness (QED) is 0.838. The number of methoxy groups -OCH3 is 1. The van der Waals surface area contributed by atoms with E-state index in [1.807, 2.05) is 13.0 Å². The first-order chi connectivity index (χ1) is 9.56. The number of allylic oxidation sites excluding steroid dienone is 1. The van der Waals surface area contributed by atoms with Gasteiger partial charge in [0.15, 0.2) is 11.6 Å². The van der Waals surface area contributed by atoms with Crippen molar-refractivity contribution in [1.29, 1.82) is 0 Å². The third-order valence-corrected chi connectivity index (χ3v) is 3.41. The molecule has 106 valence electrons. The second-order valence-electron chi connectivity index (χ2n) is 4.86. The molecule has 0 radical (unpaired) electrons. The molecule has 0 aromatic heterocycles. The lowest BCUT2D eigenvalue weighted by Gasteiger charge is -2.06. The molecule has 0 aliphatic heterocycles. The maximum Gasteiger partial charge on any atom is 0.165 e. The molecule has 1 aromatic carbocycles. The predicted molar refractivity (Wildman–Crippen MR) is 80.3 cm³/mol. The molecule has 3 nitrogen and oxygen atoms in total. The monoisotopic (exact) mass is 274 g/mol. The van der Waals surface area contributed by atoms with Crippen LogP contribution in [0.3, 0.4) is 0 Å². The molecular weight excluding hydrogens is 255 g/mol. The number of halogens is 1. The Morgan fingerprint density at radius 2 is 2.25 bits per heavy atom. The van der Waals surface area contributed by atoms with Crippen LogP contribution in [0.4, 0.5) is 4.39 Å². The van der Waals surface area contributed by atoms with Gasteiger partial charge in [0.2, 0.25) is 0 Å². The number of rotatable bonds is 5. The van der Waals surface area contributed by atoms with E-state index >= 15 is 0 Å². The number of hydrogen-bond acceptors (Lipinski definition) is 3. The lowest BCUT2D eigenvalue weighted by Crippen LogP contribution is -2.03. The first kappa shape index (κ1) is 14.5. The summed E-state index contributed by atoms with van der Waals surface area (Å²) in [7, 11) is 1.44. The van der Waals surface area contributed by atoms with E-state index in [0.29, 0.717) is 5.92 Å². The predicted octanol–water partition coefficient (Wildman–Crippen LogP) is 3.17. The summed E-state index contributed by atoms with van der Waals surface area (Å²) in [6.07, 6.45) is 4.58. The van der Waals surface area contributed by atoms with Crippen LogP contribution in [0, 0.1) is 11.7 Å². The summed E-state index contributed by atoms with van der Waals surface area (Å²) < 4.78 is 18.4. The molecule has 1 aliphatic carbocycles. The van der Waals surface area contributed by atoms with Gasteiger partial charge in [0, 0.05) is 23.7 Å². The molecule has 0 bridgehead atoms. The zero-order chi connectivity index (χ0) is 14.7. The second kappa shape index (κ2) is 6.01. The maximum atomic E-state index is 13.4. The fourth-order valence-corrected chi connectivity index (χ4v) is 2.02. The van der Waals surface area contributed by atoms with Gasteiger partial charge in [-0.15, -0.1) is 0 Å². The number of benzene rings is 1. The van der Waals surface area contributed by atoms with Crippen LogP contribution in [0.2, 0.25) is 0 Å². The zero-order valence-electron chi connectivity index (χ0n) is 11.8. The molecule has 0 spiro atoms. The molecule has 0 amide bonds. The van der Waals surface area contributed by atoms with Crippen LogP contribution in [-0.4, -0.2) is 19.4 Å². The highest BCUT2D eigenvalue weighted by atomic mass is 19.1. The van der Waals surface area contributed by atoms with Crippen molar-refractivity contribution in [2.75, 3.05) is 7.11 Å². The van der Waals surface area contributed by atoms with E-state index < -0.39 is 0 Å². The van der Waals surface area contributed by atoms with E-state index in [4.69, 9.17) is 10.5 Å². The zero-order valence-corrected chi connectivity index (χ0v) is 11.8. The molecule has 0 saturated heterocycles. The van der Waals surface area contributed by atoms with Gasteiger partial charge in [-0.3, -0.25) is 4.99 Å². The van der Waals surface area contributed by atoms with E-state index in [2.05, 4.69) is 11.6 Å². The Balaban J connectivity index is 2.16. The third kappa shape index (κ3) is 3.14. The molecule has 1 aromatic rings. The van der Waals surface area contributed by atoms with Gasteiger partial charge in [-0.1, -0.05) is 12.7 Å². The molecule has 1 fully saturated rings. The van der Waals surface area contributed by atoms with E-state index in [9.17, 15) is 4.39 Å². The second-order valence-corrected chi connectivity index (χ2v) is 4.86. The SMILES string of the molecule is C=C(/C=N\C(=C/C)c1ccc(F)c(OC)c1)[C@H]1C[C@@H]1N. The Kier molecular flexibility index (Phi) is 4.35. The molecule has 0 heterocycles. The standard InChI is InChI=1S/C16H19FN2O/c1-4-15(19-9-10(2)12-8-14(12)18)11-5-6-13(17)16(7-11)20-3/h4-7,9,12,14H,2,8,18H2,1,3H3/b15-4-,19-9-/t12-,14+/m1/s1. The molecular formula is C16H19FN2O. The number of nitrogens with two attached hydrogens (primary N) is 1. The highest BCUT2D eigenvalue weighted by Gasteiger charge is 2.34. The fraction of sp³-hybridized carbons (Fsp3) is 0.312. The van der Waals surface area contributed by atoms with Gasteiger partial charge in [-0.25, -0.2) is 4.39 Å². The van der Waals surface area contributed by atoms with Crippen LogP contribution in [0.25, 0.3) is 5.70 Å². The third-order valence-electron chi connectivity index (χ3n) is 3.41. The Hall–Kier alpha value is -1.94. The van der Waals surface area contributed by atoms with Crippen LogP contribution >= 0.6 is 0 Å². The minimum Gasteiger partial charge on any atom is -0.494 e. The van der Waals surface area contributed by atoms with E-state index in [-0.39, 0.29) is 17.6 Å². The molecule has 4 heteroatoms. The van der Waals surface area contributed by atoms with Gasteiger partial charge in [0.05, 0.1) is 12.8 Å². The van der Waals surface area contributed by atoms with Crippen molar-refractivity contribution in [1.82, 2.24) is 0 Å². The lowest BCUT2D eigenvalue weighted by molar-refractivity contribution is 0.386. The Labute approximate surface area is 118 Å². The smallest absolute Gasteiger partial charge is 0.165 e. The number of hydrogen-bond donors (Lipinski definition) is 1. The first-order valence-corrected chi connectivity index (χ1v) is 6.55. The summed E-state index contributed by atoms with van der Waals surface area (Å²) in [6.45, 7) is 5.86. The molecule has 2 atom stereocenters. The number of aliphatic imine (C=N–C) groups is 1. The van der Waals surface area contributed by atoms with Crippen molar-refractivity contribution >= 4 is 11.9 Å². The van der Waals surface area contributed by atoms with E-state index in [0.717, 1.165) is 23.3 Å². The summed E-state index contributed by atoms with van der Waals surface area (Å²) in [5.41, 5.74) is 8.26. The van der Waals surface area contributed by atoms with Crippen molar-refractivity contribution < 1.29 is 9.13 Å². The largest absolute Gasteiger partial charge is 0.494 e. The van der Waals surface area contributed by atoms with Gasteiger partial charge in [-0.2, -0.15) is 0 Å². The van der Waals surface area contributed by atoms with Crippen molar-refractivity contribution in [3.05, 3.63) is 47.8 Å². The number of nitrogens with zero attached hydrogens (tertiary/aromatic N) is 1. The summed E-state index contributed by atoms with van der Waals surface area (Å²) in [5.74, 6) is 0.170. The normalized spacial score (nSPS) is 22.1. The highest BCUT2D eigenvalue weighted by Crippen LogP contribution is 2.33. The lowest BCUT2D eigenvalue weighted by atomic mass is 10.1. The minimum atomic E-state index is -0.385. The van der Waals surface area contributed by atoms with Crippen molar-refractivity contribution in [3.8, 4) is 5.75 Å². The Bertz CT molecular complexity index is 578. The van der Waals surface area contributed by atoms with Crippen LogP contribution in [-0.2, 0) is 0 Å². The van der Waals surface area contributed by atoms with Gasteiger partial charge in [-0.05, 0) is 37.1 Å². The molecule has 1 saturated carbocycles. The average Bonchev–Trinajstić information content (AvgIpc) is 3.18. The molecule has 20 heavy (non-hydrogen) atoms. The van der Waals surface area contributed by atoms with Crippen LogP contribution in [0.15, 0.2) is 41.4 Å².